The molecule has 1 aromatic carbocycles. The first-order valence-corrected chi connectivity index (χ1v) is 5.25. The normalized spacial score (nSPS) is 14.1. The number of aliphatic hydroxyl groups is 2. The summed E-state index contributed by atoms with van der Waals surface area (Å²) in [7, 11) is 0. The summed E-state index contributed by atoms with van der Waals surface area (Å²) in [6.45, 7) is 5.65. The highest BCUT2D eigenvalue weighted by atomic mass is 16.4. The van der Waals surface area contributed by atoms with Crippen LogP contribution in [0, 0.1) is 0 Å². The van der Waals surface area contributed by atoms with E-state index < -0.39 is 24.6 Å². The molecule has 0 heterocycles. The average molecular weight is 236 g/mol. The highest BCUT2D eigenvalue weighted by Gasteiger charge is 2.20. The summed E-state index contributed by atoms with van der Waals surface area (Å²) < 4.78 is 0. The van der Waals surface area contributed by atoms with E-state index in [1.54, 1.807) is 24.3 Å². The van der Waals surface area contributed by atoms with Gasteiger partial charge in [-0.2, -0.15) is 0 Å². The summed E-state index contributed by atoms with van der Waals surface area (Å²) in [5.41, 5.74) is 2.33. The van der Waals surface area contributed by atoms with Gasteiger partial charge in [-0.15, -0.1) is 0 Å². The van der Waals surface area contributed by atoms with Gasteiger partial charge in [-0.25, -0.2) is 0 Å². The third-order valence-electron chi connectivity index (χ3n) is 2.49. The van der Waals surface area contributed by atoms with E-state index in [1.807, 2.05) is 6.92 Å². The Balaban J connectivity index is 2.78. The van der Waals surface area contributed by atoms with Crippen molar-refractivity contribution >= 4 is 11.5 Å². The van der Waals surface area contributed by atoms with Gasteiger partial charge in [-0.3, -0.25) is 4.79 Å². The standard InChI is InChI=1S/C13H16O4/c1-8(2)9-3-5-10(6-4-9)13(17)11(14)7-12(15)16/h3-6,11,13-14,17H,1,7H2,2H3,(H,15,16). The van der Waals surface area contributed by atoms with Gasteiger partial charge >= 0.3 is 5.97 Å². The minimum absolute atomic E-state index is 0.483. The van der Waals surface area contributed by atoms with E-state index in [4.69, 9.17) is 5.11 Å². The quantitative estimate of drug-likeness (QED) is 0.725. The van der Waals surface area contributed by atoms with Crippen LogP contribution in [0.1, 0.15) is 30.6 Å². The molecule has 0 saturated heterocycles. The maximum atomic E-state index is 10.4. The van der Waals surface area contributed by atoms with E-state index in [0.717, 1.165) is 11.1 Å². The smallest absolute Gasteiger partial charge is 0.306 e. The predicted molar refractivity (Wildman–Crippen MR) is 64.4 cm³/mol. The number of carboxylic acid groups (broad SMARTS) is 1. The summed E-state index contributed by atoms with van der Waals surface area (Å²) >= 11 is 0. The Kier molecular flexibility index (Phi) is 4.43. The van der Waals surface area contributed by atoms with Gasteiger partial charge in [0.15, 0.2) is 0 Å². The van der Waals surface area contributed by atoms with Crippen molar-refractivity contribution < 1.29 is 20.1 Å². The van der Waals surface area contributed by atoms with Gasteiger partial charge in [0.05, 0.1) is 12.5 Å². The van der Waals surface area contributed by atoms with Crippen molar-refractivity contribution in [3.8, 4) is 0 Å². The highest BCUT2D eigenvalue weighted by Crippen LogP contribution is 2.21. The van der Waals surface area contributed by atoms with Crippen molar-refractivity contribution in [2.75, 3.05) is 0 Å². The van der Waals surface area contributed by atoms with Crippen LogP contribution < -0.4 is 0 Å². The highest BCUT2D eigenvalue weighted by molar-refractivity contribution is 5.67. The van der Waals surface area contributed by atoms with Gasteiger partial charge < -0.3 is 15.3 Å². The molecule has 0 spiro atoms. The lowest BCUT2D eigenvalue weighted by Crippen LogP contribution is -2.21. The zero-order valence-corrected chi connectivity index (χ0v) is 9.63. The minimum Gasteiger partial charge on any atom is -0.481 e. The van der Waals surface area contributed by atoms with E-state index in [9.17, 15) is 15.0 Å². The SMILES string of the molecule is C=C(C)c1ccc(C(O)C(O)CC(=O)O)cc1. The Morgan fingerprint density at radius 3 is 2.24 bits per heavy atom. The predicted octanol–water partition coefficient (Wildman–Crippen LogP) is 1.59. The van der Waals surface area contributed by atoms with E-state index in [0.29, 0.717) is 5.56 Å². The van der Waals surface area contributed by atoms with Crippen molar-refractivity contribution in [2.24, 2.45) is 0 Å². The number of rotatable bonds is 5. The van der Waals surface area contributed by atoms with E-state index in [-0.39, 0.29) is 0 Å². The fraction of sp³-hybridized carbons (Fsp3) is 0.308. The Labute approximate surface area is 99.8 Å². The number of carboxylic acids is 1. The van der Waals surface area contributed by atoms with E-state index in [1.165, 1.54) is 0 Å². The van der Waals surface area contributed by atoms with Crippen LogP contribution in [-0.2, 0) is 4.79 Å². The summed E-state index contributed by atoms with van der Waals surface area (Å²) in [6, 6.07) is 6.85. The lowest BCUT2D eigenvalue weighted by Gasteiger charge is -2.16. The fourth-order valence-corrected chi connectivity index (χ4v) is 1.48. The maximum absolute atomic E-state index is 10.4. The van der Waals surface area contributed by atoms with Crippen molar-refractivity contribution in [3.63, 3.8) is 0 Å². The average Bonchev–Trinajstić information content (AvgIpc) is 2.27. The number of allylic oxidation sites excluding steroid dienone is 1. The van der Waals surface area contributed by atoms with Crippen LogP contribution in [0.25, 0.3) is 5.57 Å². The molecule has 1 aromatic rings. The summed E-state index contributed by atoms with van der Waals surface area (Å²) in [6.07, 6.45) is -2.97. The molecule has 0 amide bonds. The van der Waals surface area contributed by atoms with Crippen molar-refractivity contribution in [3.05, 3.63) is 42.0 Å². The second-order valence-corrected chi connectivity index (χ2v) is 4.01. The molecule has 2 unspecified atom stereocenters. The topological polar surface area (TPSA) is 77.8 Å². The molecule has 1 rings (SSSR count). The van der Waals surface area contributed by atoms with Gasteiger partial charge in [0, 0.05) is 0 Å². The zero-order valence-electron chi connectivity index (χ0n) is 9.63. The maximum Gasteiger partial charge on any atom is 0.306 e. The number of benzene rings is 1. The van der Waals surface area contributed by atoms with Crippen LogP contribution >= 0.6 is 0 Å². The number of carbonyl (C=O) groups is 1. The molecule has 0 radical (unpaired) electrons. The van der Waals surface area contributed by atoms with Crippen molar-refractivity contribution in [2.45, 2.75) is 25.6 Å². The summed E-state index contributed by atoms with van der Waals surface area (Å²) in [5, 5.41) is 27.7. The van der Waals surface area contributed by atoms with Crippen LogP contribution in [0.4, 0.5) is 0 Å². The Bertz CT molecular complexity index is 408. The summed E-state index contributed by atoms with van der Waals surface area (Å²) in [4.78, 5) is 10.4. The molecular formula is C13H16O4. The van der Waals surface area contributed by atoms with Gasteiger partial charge in [0.25, 0.3) is 0 Å². The lowest BCUT2D eigenvalue weighted by atomic mass is 9.99. The van der Waals surface area contributed by atoms with Crippen molar-refractivity contribution in [1.29, 1.82) is 0 Å². The van der Waals surface area contributed by atoms with Crippen molar-refractivity contribution in [1.82, 2.24) is 0 Å². The molecule has 2 atom stereocenters. The molecular weight excluding hydrogens is 220 g/mol. The number of hydrogen-bond acceptors (Lipinski definition) is 3. The first kappa shape index (κ1) is 13.4. The molecule has 4 heteroatoms. The second kappa shape index (κ2) is 5.61. The molecule has 0 saturated carbocycles. The molecule has 0 aliphatic carbocycles. The number of hydrogen-bond donors (Lipinski definition) is 3. The molecule has 0 fully saturated rings. The third kappa shape index (κ3) is 3.69. The Morgan fingerprint density at radius 1 is 1.29 bits per heavy atom. The van der Waals surface area contributed by atoms with Gasteiger partial charge in [-0.05, 0) is 18.1 Å². The number of aliphatic carboxylic acids is 1. The molecule has 3 N–H and O–H groups in total. The van der Waals surface area contributed by atoms with Gasteiger partial charge in [0.1, 0.15) is 6.10 Å². The molecule has 0 aliphatic heterocycles. The van der Waals surface area contributed by atoms with Crippen LogP contribution in [-0.4, -0.2) is 27.4 Å². The van der Waals surface area contributed by atoms with Crippen LogP contribution in [0.2, 0.25) is 0 Å². The monoisotopic (exact) mass is 236 g/mol. The Morgan fingerprint density at radius 2 is 1.82 bits per heavy atom. The van der Waals surface area contributed by atoms with Crippen LogP contribution in [0.3, 0.4) is 0 Å². The molecule has 0 bridgehead atoms. The van der Waals surface area contributed by atoms with E-state index in [2.05, 4.69) is 6.58 Å². The molecule has 17 heavy (non-hydrogen) atoms. The minimum atomic E-state index is -1.30. The largest absolute Gasteiger partial charge is 0.481 e. The first-order valence-electron chi connectivity index (χ1n) is 5.25. The lowest BCUT2D eigenvalue weighted by molar-refractivity contribution is -0.141. The fourth-order valence-electron chi connectivity index (χ4n) is 1.48. The molecule has 0 aliphatic rings. The Hall–Kier alpha value is -1.65. The summed E-state index contributed by atoms with van der Waals surface area (Å²) in [5.74, 6) is -1.14. The molecule has 92 valence electrons. The number of aliphatic hydroxyl groups excluding tert-OH is 2. The molecule has 0 aromatic heterocycles. The second-order valence-electron chi connectivity index (χ2n) is 4.01. The van der Waals surface area contributed by atoms with Gasteiger partial charge in [0.2, 0.25) is 0 Å². The van der Waals surface area contributed by atoms with Crippen LogP contribution in [0.15, 0.2) is 30.8 Å². The van der Waals surface area contributed by atoms with Gasteiger partial charge in [-0.1, -0.05) is 36.4 Å². The molecule has 4 nitrogen and oxygen atoms in total. The first-order chi connectivity index (χ1) is 7.91. The zero-order chi connectivity index (χ0) is 13.0. The van der Waals surface area contributed by atoms with E-state index >= 15 is 0 Å². The van der Waals surface area contributed by atoms with Crippen LogP contribution in [0.5, 0.6) is 0 Å². The third-order valence-corrected chi connectivity index (χ3v) is 2.49.